The molecule has 0 atom stereocenters. The van der Waals surface area contributed by atoms with Crippen LogP contribution in [0.15, 0.2) is 42.7 Å². The van der Waals surface area contributed by atoms with Crippen molar-refractivity contribution >= 4 is 5.65 Å². The van der Waals surface area contributed by atoms with E-state index < -0.39 is 0 Å². The number of aliphatic hydroxyl groups excluding tert-OH is 1. The number of aromatic nitrogens is 2. The topological polar surface area (TPSA) is 37.5 Å². The fourth-order valence-electron chi connectivity index (χ4n) is 2.14. The van der Waals surface area contributed by atoms with Gasteiger partial charge in [0.2, 0.25) is 0 Å². The minimum Gasteiger partial charge on any atom is -0.392 e. The maximum Gasteiger partial charge on any atom is 0.142 e. The summed E-state index contributed by atoms with van der Waals surface area (Å²) in [5.41, 5.74) is 3.72. The van der Waals surface area contributed by atoms with Crippen LogP contribution in [0, 0.1) is 12.7 Å². The molecule has 0 radical (unpaired) electrons. The Balaban J connectivity index is 2.17. The van der Waals surface area contributed by atoms with Crippen molar-refractivity contribution in [1.82, 2.24) is 9.38 Å². The summed E-state index contributed by atoms with van der Waals surface area (Å²) in [7, 11) is 0. The molecule has 0 amide bonds. The van der Waals surface area contributed by atoms with Crippen molar-refractivity contribution in [2.24, 2.45) is 0 Å². The van der Waals surface area contributed by atoms with Crippen molar-refractivity contribution in [3.8, 4) is 11.3 Å². The molecule has 19 heavy (non-hydrogen) atoms. The highest BCUT2D eigenvalue weighted by Gasteiger charge is 2.08. The predicted molar refractivity (Wildman–Crippen MR) is 71.2 cm³/mol. The van der Waals surface area contributed by atoms with E-state index in [9.17, 15) is 9.50 Å². The molecule has 0 aliphatic rings. The molecule has 3 nitrogen and oxygen atoms in total. The molecule has 0 fully saturated rings. The van der Waals surface area contributed by atoms with Gasteiger partial charge in [-0.3, -0.25) is 0 Å². The predicted octanol–water partition coefficient (Wildman–Crippen LogP) is 2.94. The first-order chi connectivity index (χ1) is 9.19. The number of hydrogen-bond donors (Lipinski definition) is 1. The first-order valence-electron chi connectivity index (χ1n) is 6.03. The van der Waals surface area contributed by atoms with Gasteiger partial charge in [0, 0.05) is 23.5 Å². The molecule has 2 aromatic heterocycles. The zero-order chi connectivity index (χ0) is 13.4. The highest BCUT2D eigenvalue weighted by molar-refractivity contribution is 5.64. The molecular formula is C15H13FN2O. The van der Waals surface area contributed by atoms with Gasteiger partial charge in [-0.25, -0.2) is 9.37 Å². The van der Waals surface area contributed by atoms with Crippen molar-refractivity contribution in [3.63, 3.8) is 0 Å². The van der Waals surface area contributed by atoms with Gasteiger partial charge in [0.1, 0.15) is 11.5 Å². The lowest BCUT2D eigenvalue weighted by Crippen LogP contribution is -1.90. The summed E-state index contributed by atoms with van der Waals surface area (Å²) >= 11 is 0. The third kappa shape index (κ3) is 2.00. The largest absolute Gasteiger partial charge is 0.392 e. The fourth-order valence-corrected chi connectivity index (χ4v) is 2.14. The number of aryl methyl sites for hydroxylation is 1. The quantitative estimate of drug-likeness (QED) is 0.765. The number of fused-ring (bicyclic) bond motifs is 1. The van der Waals surface area contributed by atoms with E-state index in [2.05, 4.69) is 4.98 Å². The summed E-state index contributed by atoms with van der Waals surface area (Å²) in [5.74, 6) is -0.219. The van der Waals surface area contributed by atoms with Gasteiger partial charge in [0.15, 0.2) is 0 Å². The number of imidazole rings is 1. The van der Waals surface area contributed by atoms with Crippen molar-refractivity contribution in [2.75, 3.05) is 0 Å². The normalized spacial score (nSPS) is 11.1. The number of benzene rings is 1. The second-order valence-corrected chi connectivity index (χ2v) is 4.51. The summed E-state index contributed by atoms with van der Waals surface area (Å²) in [4.78, 5) is 4.51. The molecule has 0 saturated heterocycles. The maximum absolute atomic E-state index is 13.3. The number of hydrogen-bond acceptors (Lipinski definition) is 2. The smallest absolute Gasteiger partial charge is 0.142 e. The molecule has 0 spiro atoms. The van der Waals surface area contributed by atoms with Crippen LogP contribution < -0.4 is 0 Å². The highest BCUT2D eigenvalue weighted by Crippen LogP contribution is 2.22. The molecule has 3 rings (SSSR count). The minimum absolute atomic E-state index is 0.0523. The molecule has 0 saturated carbocycles. The zero-order valence-electron chi connectivity index (χ0n) is 10.5. The van der Waals surface area contributed by atoms with Gasteiger partial charge in [-0.2, -0.15) is 0 Å². The number of halogens is 1. The lowest BCUT2D eigenvalue weighted by atomic mass is 10.1. The Hall–Kier alpha value is -2.20. The second kappa shape index (κ2) is 4.48. The average molecular weight is 256 g/mol. The molecule has 0 unspecified atom stereocenters. The average Bonchev–Trinajstić information content (AvgIpc) is 2.85. The first-order valence-corrected chi connectivity index (χ1v) is 6.03. The highest BCUT2D eigenvalue weighted by atomic mass is 19.1. The summed E-state index contributed by atoms with van der Waals surface area (Å²) in [6.45, 7) is 1.68. The molecule has 2 heterocycles. The van der Waals surface area contributed by atoms with E-state index in [-0.39, 0.29) is 12.4 Å². The van der Waals surface area contributed by atoms with Crippen molar-refractivity contribution in [1.29, 1.82) is 0 Å². The molecule has 0 aliphatic heterocycles. The number of pyridine rings is 1. The van der Waals surface area contributed by atoms with E-state index in [1.807, 2.05) is 28.9 Å². The van der Waals surface area contributed by atoms with Crippen LogP contribution in [0.3, 0.4) is 0 Å². The molecular weight excluding hydrogens is 243 g/mol. The third-order valence-corrected chi connectivity index (χ3v) is 3.19. The van der Waals surface area contributed by atoms with Crippen LogP contribution in [0.5, 0.6) is 0 Å². The summed E-state index contributed by atoms with van der Waals surface area (Å²) in [6, 6.07) is 8.63. The minimum atomic E-state index is -0.219. The number of aliphatic hydroxyl groups is 1. The lowest BCUT2D eigenvalue weighted by molar-refractivity contribution is 0.282. The van der Waals surface area contributed by atoms with Crippen LogP contribution in [0.25, 0.3) is 16.9 Å². The molecule has 1 N–H and O–H groups in total. The van der Waals surface area contributed by atoms with E-state index >= 15 is 0 Å². The van der Waals surface area contributed by atoms with Gasteiger partial charge >= 0.3 is 0 Å². The molecule has 0 aliphatic carbocycles. The SMILES string of the molecule is Cc1cc(-c2cn3cccc(CO)c3n2)ccc1F. The fraction of sp³-hybridized carbons (Fsp3) is 0.133. The van der Waals surface area contributed by atoms with Crippen LogP contribution in [0.2, 0.25) is 0 Å². The van der Waals surface area contributed by atoms with Crippen LogP contribution >= 0.6 is 0 Å². The van der Waals surface area contributed by atoms with Gasteiger partial charge in [-0.05, 0) is 36.8 Å². The molecule has 4 heteroatoms. The Morgan fingerprint density at radius 3 is 2.89 bits per heavy atom. The van der Waals surface area contributed by atoms with E-state index in [4.69, 9.17) is 0 Å². The van der Waals surface area contributed by atoms with Gasteiger partial charge in [-0.15, -0.1) is 0 Å². The summed E-state index contributed by atoms with van der Waals surface area (Å²) < 4.78 is 15.1. The van der Waals surface area contributed by atoms with Crippen molar-refractivity contribution < 1.29 is 9.50 Å². The van der Waals surface area contributed by atoms with Crippen LogP contribution in [-0.2, 0) is 6.61 Å². The number of nitrogens with zero attached hydrogens (tertiary/aromatic N) is 2. The molecule has 0 bridgehead atoms. The Labute approximate surface area is 110 Å². The molecule has 1 aromatic carbocycles. The Morgan fingerprint density at radius 2 is 2.16 bits per heavy atom. The van der Waals surface area contributed by atoms with Gasteiger partial charge in [0.25, 0.3) is 0 Å². The van der Waals surface area contributed by atoms with E-state index in [0.29, 0.717) is 5.56 Å². The van der Waals surface area contributed by atoms with E-state index in [0.717, 1.165) is 22.5 Å². The Bertz CT molecular complexity index is 749. The van der Waals surface area contributed by atoms with Crippen LogP contribution in [0.1, 0.15) is 11.1 Å². The summed E-state index contributed by atoms with van der Waals surface area (Å²) in [6.07, 6.45) is 3.75. The monoisotopic (exact) mass is 256 g/mol. The van der Waals surface area contributed by atoms with Crippen LogP contribution in [-0.4, -0.2) is 14.5 Å². The second-order valence-electron chi connectivity index (χ2n) is 4.51. The zero-order valence-corrected chi connectivity index (χ0v) is 10.5. The first kappa shape index (κ1) is 11.9. The molecule has 96 valence electrons. The molecule has 3 aromatic rings. The van der Waals surface area contributed by atoms with Crippen LogP contribution in [0.4, 0.5) is 4.39 Å². The Kier molecular flexibility index (Phi) is 2.80. The van der Waals surface area contributed by atoms with Gasteiger partial charge < -0.3 is 9.51 Å². The maximum atomic E-state index is 13.3. The van der Waals surface area contributed by atoms with Crippen molar-refractivity contribution in [2.45, 2.75) is 13.5 Å². The third-order valence-electron chi connectivity index (χ3n) is 3.19. The van der Waals surface area contributed by atoms with E-state index in [1.54, 1.807) is 19.1 Å². The lowest BCUT2D eigenvalue weighted by Gasteiger charge is -1.99. The summed E-state index contributed by atoms with van der Waals surface area (Å²) in [5, 5.41) is 9.29. The Morgan fingerprint density at radius 1 is 1.32 bits per heavy atom. The van der Waals surface area contributed by atoms with Gasteiger partial charge in [0.05, 0.1) is 12.3 Å². The van der Waals surface area contributed by atoms with Gasteiger partial charge in [-0.1, -0.05) is 6.07 Å². The van der Waals surface area contributed by atoms with Crippen molar-refractivity contribution in [3.05, 3.63) is 59.7 Å². The standard InChI is InChI=1S/C15H13FN2O/c1-10-7-11(4-5-13(10)16)14-8-18-6-2-3-12(9-19)15(18)17-14/h2-8,19H,9H2,1H3. The van der Waals surface area contributed by atoms with E-state index in [1.165, 1.54) is 6.07 Å². The number of rotatable bonds is 2.